The van der Waals surface area contributed by atoms with Gasteiger partial charge in [-0.2, -0.15) is 0 Å². The molecule has 0 radical (unpaired) electrons. The Kier molecular flexibility index (Phi) is 5.46. The molecule has 0 atom stereocenters. The van der Waals surface area contributed by atoms with Crippen LogP contribution in [0.1, 0.15) is 5.56 Å². The predicted molar refractivity (Wildman–Crippen MR) is 85.1 cm³/mol. The molecule has 1 amide bonds. The smallest absolute Gasteiger partial charge is 0.209 e. The van der Waals surface area contributed by atoms with Gasteiger partial charge in [0.2, 0.25) is 6.41 Å². The Bertz CT molecular complexity index is 504. The molecule has 1 aliphatic heterocycles. The highest BCUT2D eigenvalue weighted by Crippen LogP contribution is 2.22. The summed E-state index contributed by atoms with van der Waals surface area (Å²) in [4.78, 5) is 14.5. The molecule has 1 aromatic rings. The molecule has 1 N–H and O–H groups in total. The number of hydrogen-bond donors (Lipinski definition) is 1. The Labute approximate surface area is 133 Å². The second kappa shape index (κ2) is 7.11. The van der Waals surface area contributed by atoms with E-state index in [1.54, 1.807) is 11.0 Å². The molecule has 1 heterocycles. The van der Waals surface area contributed by atoms with Gasteiger partial charge in [-0.25, -0.2) is 0 Å². The molecule has 0 aliphatic carbocycles. The summed E-state index contributed by atoms with van der Waals surface area (Å²) < 4.78 is 0. The minimum absolute atomic E-state index is 0.538. The van der Waals surface area contributed by atoms with E-state index in [4.69, 9.17) is 35.4 Å². The zero-order chi connectivity index (χ0) is 14.5. The molecule has 0 bridgehead atoms. The molecule has 1 saturated heterocycles. The van der Waals surface area contributed by atoms with Crippen molar-refractivity contribution in [2.24, 2.45) is 0 Å². The highest BCUT2D eigenvalue weighted by Gasteiger charge is 2.17. The van der Waals surface area contributed by atoms with Crippen LogP contribution in [-0.2, 0) is 11.3 Å². The third kappa shape index (κ3) is 3.98. The van der Waals surface area contributed by atoms with Crippen molar-refractivity contribution in [3.63, 3.8) is 0 Å². The summed E-state index contributed by atoms with van der Waals surface area (Å²) >= 11 is 17.2. The van der Waals surface area contributed by atoms with Gasteiger partial charge in [0.15, 0.2) is 5.11 Å². The maximum atomic E-state index is 10.6. The van der Waals surface area contributed by atoms with Crippen molar-refractivity contribution >= 4 is 46.9 Å². The van der Waals surface area contributed by atoms with Crippen LogP contribution in [0.4, 0.5) is 0 Å². The molecule has 108 valence electrons. The summed E-state index contributed by atoms with van der Waals surface area (Å²) in [5.41, 5.74) is 1.02. The lowest BCUT2D eigenvalue weighted by molar-refractivity contribution is -0.119. The predicted octanol–water partition coefficient (Wildman–Crippen LogP) is 2.14. The van der Waals surface area contributed by atoms with Gasteiger partial charge in [-0.05, 0) is 29.9 Å². The van der Waals surface area contributed by atoms with Crippen molar-refractivity contribution < 1.29 is 4.79 Å². The highest BCUT2D eigenvalue weighted by molar-refractivity contribution is 7.80. The Morgan fingerprint density at radius 3 is 2.55 bits per heavy atom. The number of piperazine rings is 1. The van der Waals surface area contributed by atoms with Gasteiger partial charge < -0.3 is 15.1 Å². The second-order valence-electron chi connectivity index (χ2n) is 4.54. The zero-order valence-corrected chi connectivity index (χ0v) is 13.1. The lowest BCUT2D eigenvalue weighted by Crippen LogP contribution is -2.51. The number of amides is 1. The molecular formula is C13H15Cl2N3OS. The van der Waals surface area contributed by atoms with Gasteiger partial charge in [0.05, 0.1) is 10.0 Å². The van der Waals surface area contributed by atoms with Crippen LogP contribution in [0, 0.1) is 0 Å². The average Bonchev–Trinajstić information content (AvgIpc) is 2.48. The maximum Gasteiger partial charge on any atom is 0.209 e. The number of hydrogen-bond acceptors (Lipinski definition) is 2. The number of nitrogens with one attached hydrogen (secondary N) is 1. The van der Waals surface area contributed by atoms with Crippen LogP contribution in [0.15, 0.2) is 18.2 Å². The molecular weight excluding hydrogens is 317 g/mol. The van der Waals surface area contributed by atoms with Gasteiger partial charge in [0.1, 0.15) is 0 Å². The third-order valence-corrected chi connectivity index (χ3v) is 4.32. The monoisotopic (exact) mass is 331 g/mol. The molecule has 0 spiro atoms. The molecule has 1 fully saturated rings. The minimum atomic E-state index is 0.538. The van der Waals surface area contributed by atoms with E-state index >= 15 is 0 Å². The maximum absolute atomic E-state index is 10.6. The summed E-state index contributed by atoms with van der Waals surface area (Å²) in [6, 6.07) is 5.50. The minimum Gasteiger partial charge on any atom is -0.358 e. The lowest BCUT2D eigenvalue weighted by Gasteiger charge is -2.34. The van der Waals surface area contributed by atoms with Gasteiger partial charge in [-0.15, -0.1) is 0 Å². The quantitative estimate of drug-likeness (QED) is 0.680. The molecule has 1 aromatic carbocycles. The number of rotatable bonds is 3. The first-order valence-electron chi connectivity index (χ1n) is 6.26. The van der Waals surface area contributed by atoms with Crippen molar-refractivity contribution in [2.45, 2.75) is 6.54 Å². The Morgan fingerprint density at radius 2 is 1.95 bits per heavy atom. The molecule has 20 heavy (non-hydrogen) atoms. The number of carbonyl (C=O) groups excluding carboxylic acids is 1. The SMILES string of the molecule is O=CN1CCN(C(=S)NCc2ccc(Cl)c(Cl)c2)CC1. The molecule has 1 aliphatic rings. The van der Waals surface area contributed by atoms with Crippen LogP contribution < -0.4 is 5.32 Å². The first kappa shape index (κ1) is 15.4. The number of thiocarbonyl (C=S) groups is 1. The summed E-state index contributed by atoms with van der Waals surface area (Å²) in [5, 5.41) is 4.98. The summed E-state index contributed by atoms with van der Waals surface area (Å²) in [5.74, 6) is 0. The van der Waals surface area contributed by atoms with Gasteiger partial charge >= 0.3 is 0 Å². The summed E-state index contributed by atoms with van der Waals surface area (Å²) in [6.45, 7) is 3.53. The molecule has 4 nitrogen and oxygen atoms in total. The molecule has 0 aromatic heterocycles. The fraction of sp³-hybridized carbons (Fsp3) is 0.385. The number of halogens is 2. The van der Waals surface area contributed by atoms with Crippen molar-refractivity contribution in [3.8, 4) is 0 Å². The van der Waals surface area contributed by atoms with E-state index in [1.165, 1.54) is 0 Å². The second-order valence-corrected chi connectivity index (χ2v) is 5.74. The van der Waals surface area contributed by atoms with Gasteiger partial charge in [-0.3, -0.25) is 4.79 Å². The number of carbonyl (C=O) groups is 1. The van der Waals surface area contributed by atoms with E-state index in [0.717, 1.165) is 25.1 Å². The average molecular weight is 332 g/mol. The van der Waals surface area contributed by atoms with E-state index in [9.17, 15) is 4.79 Å². The van der Waals surface area contributed by atoms with Crippen LogP contribution in [0.5, 0.6) is 0 Å². The topological polar surface area (TPSA) is 35.6 Å². The van der Waals surface area contributed by atoms with Crippen LogP contribution in [0.3, 0.4) is 0 Å². The standard InChI is InChI=1S/C13H15Cl2N3OS/c14-11-2-1-10(7-12(11)15)8-16-13(20)18-5-3-17(9-19)4-6-18/h1-2,7,9H,3-6,8H2,(H,16,20). The number of benzene rings is 1. The van der Waals surface area contributed by atoms with E-state index in [-0.39, 0.29) is 0 Å². The summed E-state index contributed by atoms with van der Waals surface area (Å²) in [6.07, 6.45) is 0.878. The zero-order valence-electron chi connectivity index (χ0n) is 10.8. The Balaban J connectivity index is 1.83. The van der Waals surface area contributed by atoms with Gasteiger partial charge in [-0.1, -0.05) is 29.3 Å². The van der Waals surface area contributed by atoms with Gasteiger partial charge in [0, 0.05) is 32.7 Å². The Hall–Kier alpha value is -1.04. The van der Waals surface area contributed by atoms with Crippen molar-refractivity contribution in [1.29, 1.82) is 0 Å². The number of nitrogens with zero attached hydrogens (tertiary/aromatic N) is 2. The highest BCUT2D eigenvalue weighted by atomic mass is 35.5. The third-order valence-electron chi connectivity index (χ3n) is 3.18. The van der Waals surface area contributed by atoms with Crippen molar-refractivity contribution in [2.75, 3.05) is 26.2 Å². The van der Waals surface area contributed by atoms with Crippen LogP contribution in [0.2, 0.25) is 10.0 Å². The van der Waals surface area contributed by atoms with E-state index in [2.05, 4.69) is 10.2 Å². The van der Waals surface area contributed by atoms with E-state index in [1.807, 2.05) is 12.1 Å². The van der Waals surface area contributed by atoms with Gasteiger partial charge in [0.25, 0.3) is 0 Å². The molecule has 2 rings (SSSR count). The van der Waals surface area contributed by atoms with E-state index in [0.29, 0.717) is 34.8 Å². The van der Waals surface area contributed by atoms with Crippen molar-refractivity contribution in [3.05, 3.63) is 33.8 Å². The molecule has 7 heteroatoms. The lowest BCUT2D eigenvalue weighted by atomic mass is 10.2. The van der Waals surface area contributed by atoms with Crippen LogP contribution >= 0.6 is 35.4 Å². The molecule has 0 unspecified atom stereocenters. The fourth-order valence-electron chi connectivity index (χ4n) is 1.97. The fourth-order valence-corrected chi connectivity index (χ4v) is 2.54. The van der Waals surface area contributed by atoms with Crippen molar-refractivity contribution in [1.82, 2.24) is 15.1 Å². The first-order valence-corrected chi connectivity index (χ1v) is 7.42. The van der Waals surface area contributed by atoms with Crippen LogP contribution in [-0.4, -0.2) is 47.5 Å². The van der Waals surface area contributed by atoms with E-state index < -0.39 is 0 Å². The first-order chi connectivity index (χ1) is 9.60. The summed E-state index contributed by atoms with van der Waals surface area (Å²) in [7, 11) is 0. The Morgan fingerprint density at radius 1 is 1.25 bits per heavy atom. The largest absolute Gasteiger partial charge is 0.358 e. The molecule has 0 saturated carbocycles. The normalized spacial score (nSPS) is 15.1. The van der Waals surface area contributed by atoms with Crippen LogP contribution in [0.25, 0.3) is 0 Å².